The van der Waals surface area contributed by atoms with Crippen LogP contribution in [0.5, 0.6) is 0 Å². The molecule has 0 amide bonds. The van der Waals surface area contributed by atoms with Crippen molar-refractivity contribution < 1.29 is 19.0 Å². The maximum absolute atomic E-state index is 10.6. The summed E-state index contributed by atoms with van der Waals surface area (Å²) < 4.78 is 14.9. The number of carbonyl (C=O) groups excluding carboxylic acids is 1. The van der Waals surface area contributed by atoms with Gasteiger partial charge in [-0.25, -0.2) is 0 Å². The van der Waals surface area contributed by atoms with E-state index in [9.17, 15) is 4.79 Å². The number of carbonyl (C=O) groups is 1. The number of methoxy groups -OCH3 is 1. The van der Waals surface area contributed by atoms with Crippen LogP contribution in [0.4, 0.5) is 0 Å². The van der Waals surface area contributed by atoms with Crippen LogP contribution in [0.1, 0.15) is 107 Å². The van der Waals surface area contributed by atoms with Gasteiger partial charge in [0.1, 0.15) is 0 Å². The van der Waals surface area contributed by atoms with Gasteiger partial charge in [-0.15, -0.1) is 0 Å². The molecule has 2 aliphatic heterocycles. The highest BCUT2D eigenvalue weighted by atomic mass is 16.5. The van der Waals surface area contributed by atoms with Crippen LogP contribution in [0.2, 0.25) is 0 Å². The predicted octanol–water partition coefficient (Wildman–Crippen LogP) is 7.16. The third-order valence-electron chi connectivity index (χ3n) is 6.36. The number of likely N-dealkylation sites (tertiary alicyclic amines) is 1. The molecule has 0 radical (unpaired) electrons. The molecule has 2 aliphatic rings. The molecule has 0 unspecified atom stereocenters. The maximum atomic E-state index is 10.6. The zero-order chi connectivity index (χ0) is 29.2. The van der Waals surface area contributed by atoms with Crippen molar-refractivity contribution >= 4 is 5.97 Å². The zero-order valence-corrected chi connectivity index (χ0v) is 27.4. The number of nitrogens with zero attached hydrogens (tertiary/aromatic N) is 2. The van der Waals surface area contributed by atoms with Crippen LogP contribution in [0, 0.1) is 23.7 Å². The van der Waals surface area contributed by atoms with Crippen molar-refractivity contribution in [2.45, 2.75) is 107 Å². The lowest BCUT2D eigenvalue weighted by Crippen LogP contribution is -2.36. The largest absolute Gasteiger partial charge is 0.466 e. The van der Waals surface area contributed by atoms with Crippen molar-refractivity contribution in [2.75, 3.05) is 72.8 Å². The van der Waals surface area contributed by atoms with Gasteiger partial charge in [-0.2, -0.15) is 0 Å². The van der Waals surface area contributed by atoms with Crippen LogP contribution in [-0.2, 0) is 19.0 Å². The Morgan fingerprint density at radius 1 is 0.737 bits per heavy atom. The number of hydrogen-bond donors (Lipinski definition) is 0. The summed E-state index contributed by atoms with van der Waals surface area (Å²) in [4.78, 5) is 15.7. The van der Waals surface area contributed by atoms with Crippen LogP contribution in [0.25, 0.3) is 0 Å². The summed E-state index contributed by atoms with van der Waals surface area (Å²) in [6.45, 7) is 30.2. The molecule has 2 rings (SSSR count). The predicted molar refractivity (Wildman–Crippen MR) is 164 cm³/mol. The van der Waals surface area contributed by atoms with Gasteiger partial charge < -0.3 is 19.1 Å². The van der Waals surface area contributed by atoms with Crippen molar-refractivity contribution in [1.82, 2.24) is 9.80 Å². The van der Waals surface area contributed by atoms with Crippen molar-refractivity contribution in [3.05, 3.63) is 0 Å². The highest BCUT2D eigenvalue weighted by molar-refractivity contribution is 5.69. The molecule has 2 heterocycles. The van der Waals surface area contributed by atoms with Crippen molar-refractivity contribution in [3.8, 4) is 0 Å². The summed E-state index contributed by atoms with van der Waals surface area (Å²) in [7, 11) is 1.74. The first-order chi connectivity index (χ1) is 18.0. The second kappa shape index (κ2) is 27.9. The molecule has 38 heavy (non-hydrogen) atoms. The number of rotatable bonds is 13. The zero-order valence-electron chi connectivity index (χ0n) is 27.4. The lowest BCUT2D eigenvalue weighted by atomic mass is 10.1. The molecule has 0 bridgehead atoms. The molecule has 0 atom stereocenters. The number of morpholine rings is 1. The molecule has 2 saturated heterocycles. The van der Waals surface area contributed by atoms with Gasteiger partial charge >= 0.3 is 5.97 Å². The fraction of sp³-hybridized carbons (Fsp3) is 0.969. The quantitative estimate of drug-likeness (QED) is 0.229. The van der Waals surface area contributed by atoms with Gasteiger partial charge in [-0.05, 0) is 95.3 Å². The first-order valence-electron chi connectivity index (χ1n) is 15.7. The number of esters is 1. The van der Waals surface area contributed by atoms with Crippen LogP contribution in [0.3, 0.4) is 0 Å². The normalized spacial score (nSPS) is 16.1. The lowest BCUT2D eigenvalue weighted by Gasteiger charge is -2.26. The van der Waals surface area contributed by atoms with E-state index < -0.39 is 0 Å². The van der Waals surface area contributed by atoms with Crippen LogP contribution in [0.15, 0.2) is 0 Å². The molecular weight excluding hydrogens is 476 g/mol. The van der Waals surface area contributed by atoms with Crippen molar-refractivity contribution in [2.24, 2.45) is 23.7 Å². The first kappa shape index (κ1) is 39.5. The van der Waals surface area contributed by atoms with E-state index in [0.29, 0.717) is 18.9 Å². The van der Waals surface area contributed by atoms with Gasteiger partial charge in [0.2, 0.25) is 0 Å². The average Bonchev–Trinajstić information content (AvgIpc) is 3.37. The van der Waals surface area contributed by atoms with Crippen molar-refractivity contribution in [1.29, 1.82) is 0 Å². The molecule has 0 N–H and O–H groups in total. The molecule has 230 valence electrons. The second-order valence-electron chi connectivity index (χ2n) is 12.3. The highest BCUT2D eigenvalue weighted by Gasteiger charge is 2.11. The standard InChI is InChI=1S/C10H21NO.C9H19N.C7H14O2.C6H14O/c1-10(2)4-3-5-11-6-8-12-9-7-11;1-9(2)5-8-10-6-3-4-7-10;1-4-9-7(8)5-6(2)3;1-6(2)4-5-7-3/h10H,3-9H2,1-2H3;9H,3-8H2,1-2H3;6H,4-5H2,1-3H3;6H,4-5H2,1-3H3. The van der Waals surface area contributed by atoms with E-state index >= 15 is 0 Å². The van der Waals surface area contributed by atoms with E-state index in [0.717, 1.165) is 50.7 Å². The first-order valence-corrected chi connectivity index (χ1v) is 15.7. The Hall–Kier alpha value is -0.690. The van der Waals surface area contributed by atoms with Gasteiger partial charge in [-0.3, -0.25) is 9.69 Å². The molecule has 0 spiro atoms. The minimum Gasteiger partial charge on any atom is -0.466 e. The third-order valence-corrected chi connectivity index (χ3v) is 6.36. The van der Waals surface area contributed by atoms with Gasteiger partial charge in [0.05, 0.1) is 19.8 Å². The molecular formula is C32H68N2O4. The van der Waals surface area contributed by atoms with Gasteiger partial charge in [0.15, 0.2) is 0 Å². The average molecular weight is 545 g/mol. The van der Waals surface area contributed by atoms with Crippen LogP contribution < -0.4 is 0 Å². The lowest BCUT2D eigenvalue weighted by molar-refractivity contribution is -0.143. The summed E-state index contributed by atoms with van der Waals surface area (Å²) in [5, 5.41) is 0. The van der Waals surface area contributed by atoms with Crippen molar-refractivity contribution in [3.63, 3.8) is 0 Å². The molecule has 0 aromatic heterocycles. The molecule has 0 aromatic rings. The molecule has 6 nitrogen and oxygen atoms in total. The Balaban J connectivity index is 0. The van der Waals surface area contributed by atoms with E-state index in [1.54, 1.807) is 7.11 Å². The van der Waals surface area contributed by atoms with E-state index in [2.05, 4.69) is 51.3 Å². The minimum atomic E-state index is -0.0903. The van der Waals surface area contributed by atoms with E-state index in [1.807, 2.05) is 20.8 Å². The molecule has 0 aromatic carbocycles. The number of ether oxygens (including phenoxy) is 3. The fourth-order valence-electron chi connectivity index (χ4n) is 3.90. The van der Waals surface area contributed by atoms with E-state index in [-0.39, 0.29) is 5.97 Å². The number of hydrogen-bond acceptors (Lipinski definition) is 6. The third kappa shape index (κ3) is 31.5. The van der Waals surface area contributed by atoms with Crippen LogP contribution in [-0.4, -0.2) is 88.6 Å². The monoisotopic (exact) mass is 545 g/mol. The SMILES string of the molecule is CC(C)CCCN1CCOCC1.CC(C)CCN1CCCC1.CCOC(=O)CC(C)C.COCCC(C)C. The molecule has 6 heteroatoms. The molecule has 0 saturated carbocycles. The second-order valence-corrected chi connectivity index (χ2v) is 12.3. The highest BCUT2D eigenvalue weighted by Crippen LogP contribution is 2.10. The Morgan fingerprint density at radius 2 is 1.26 bits per heavy atom. The summed E-state index contributed by atoms with van der Waals surface area (Å²) in [6.07, 6.45) is 8.65. The Labute approximate surface area is 238 Å². The Kier molecular flexibility index (Phi) is 28.9. The van der Waals surface area contributed by atoms with E-state index in [1.165, 1.54) is 64.7 Å². The van der Waals surface area contributed by atoms with Gasteiger partial charge in [0.25, 0.3) is 0 Å². The van der Waals surface area contributed by atoms with Gasteiger partial charge in [0, 0.05) is 33.2 Å². The van der Waals surface area contributed by atoms with E-state index in [4.69, 9.17) is 14.2 Å². The topological polar surface area (TPSA) is 51.2 Å². The van der Waals surface area contributed by atoms with Crippen LogP contribution >= 0.6 is 0 Å². The van der Waals surface area contributed by atoms with Gasteiger partial charge in [-0.1, -0.05) is 55.4 Å². The Bertz CT molecular complexity index is 486. The summed E-state index contributed by atoms with van der Waals surface area (Å²) in [5.74, 6) is 2.82. The summed E-state index contributed by atoms with van der Waals surface area (Å²) >= 11 is 0. The fourth-order valence-corrected chi connectivity index (χ4v) is 3.90. The summed E-state index contributed by atoms with van der Waals surface area (Å²) in [6, 6.07) is 0. The molecule has 2 fully saturated rings. The Morgan fingerprint density at radius 3 is 1.68 bits per heavy atom. The molecule has 0 aliphatic carbocycles. The maximum Gasteiger partial charge on any atom is 0.306 e. The summed E-state index contributed by atoms with van der Waals surface area (Å²) in [5.41, 5.74) is 0. The minimum absolute atomic E-state index is 0.0903. The smallest absolute Gasteiger partial charge is 0.306 e.